The van der Waals surface area contributed by atoms with Crippen molar-refractivity contribution >= 4 is 44.6 Å². The van der Waals surface area contributed by atoms with Gasteiger partial charge in [0, 0.05) is 27.6 Å². The van der Waals surface area contributed by atoms with E-state index in [4.69, 9.17) is 16.3 Å². The van der Waals surface area contributed by atoms with Crippen LogP contribution in [0.15, 0.2) is 28.7 Å². The molecule has 1 heterocycles. The van der Waals surface area contributed by atoms with E-state index in [0.717, 1.165) is 9.35 Å². The number of methoxy groups -OCH3 is 1. The fourth-order valence-corrected chi connectivity index (χ4v) is 3.37. The van der Waals surface area contributed by atoms with Crippen LogP contribution in [-0.4, -0.2) is 13.7 Å². The van der Waals surface area contributed by atoms with Gasteiger partial charge in [0.05, 0.1) is 7.11 Å². The van der Waals surface area contributed by atoms with Gasteiger partial charge in [0.15, 0.2) is 11.5 Å². The van der Waals surface area contributed by atoms with Crippen LogP contribution in [0, 0.1) is 0 Å². The molecule has 0 amide bonds. The normalized spacial score (nSPS) is 10.8. The average Bonchev–Trinajstić information content (AvgIpc) is 2.75. The van der Waals surface area contributed by atoms with Gasteiger partial charge in [0.1, 0.15) is 4.34 Å². The molecular weight excluding hydrogens is 388 g/mol. The summed E-state index contributed by atoms with van der Waals surface area (Å²) < 4.78 is 35.6. The van der Waals surface area contributed by atoms with Crippen LogP contribution in [0.25, 0.3) is 0 Å². The highest BCUT2D eigenvalue weighted by Crippen LogP contribution is 2.34. The summed E-state index contributed by atoms with van der Waals surface area (Å²) in [6, 6.07) is 6.66. The number of halogens is 4. The third-order valence-corrected chi connectivity index (χ3v) is 5.02. The summed E-state index contributed by atoms with van der Waals surface area (Å²) in [6.45, 7) is -2.38. The number of hydrogen-bond acceptors (Lipinski definition) is 4. The van der Waals surface area contributed by atoms with E-state index in [2.05, 4.69) is 26.0 Å². The van der Waals surface area contributed by atoms with Gasteiger partial charge in [-0.3, -0.25) is 0 Å². The number of hydrogen-bond donors (Lipinski definition) is 1. The molecule has 0 unspecified atom stereocenters. The van der Waals surface area contributed by atoms with E-state index in [0.29, 0.717) is 16.6 Å². The van der Waals surface area contributed by atoms with Crippen molar-refractivity contribution in [3.63, 3.8) is 0 Å². The number of thiophene rings is 1. The van der Waals surface area contributed by atoms with Crippen molar-refractivity contribution in [3.8, 4) is 11.5 Å². The molecule has 1 aromatic heterocycles. The maximum Gasteiger partial charge on any atom is 0.387 e. The lowest BCUT2D eigenvalue weighted by Crippen LogP contribution is -2.04. The van der Waals surface area contributed by atoms with Crippen LogP contribution in [0.1, 0.15) is 4.88 Å². The summed E-state index contributed by atoms with van der Waals surface area (Å²) in [5.74, 6) is 0.241. The largest absolute Gasteiger partial charge is 0.493 e. The summed E-state index contributed by atoms with van der Waals surface area (Å²) in [7, 11) is 1.39. The highest BCUT2D eigenvalue weighted by Gasteiger charge is 2.11. The van der Waals surface area contributed by atoms with Crippen LogP contribution in [0.4, 0.5) is 14.5 Å². The van der Waals surface area contributed by atoms with Crippen molar-refractivity contribution in [1.82, 2.24) is 0 Å². The van der Waals surface area contributed by atoms with Crippen molar-refractivity contribution < 1.29 is 18.3 Å². The Morgan fingerprint density at radius 3 is 2.67 bits per heavy atom. The van der Waals surface area contributed by atoms with Crippen molar-refractivity contribution in [3.05, 3.63) is 38.0 Å². The highest BCUT2D eigenvalue weighted by molar-refractivity contribution is 9.10. The molecule has 0 radical (unpaired) electrons. The predicted octanol–water partition coefficient (Wildman–Crippen LogP) is 5.39. The van der Waals surface area contributed by atoms with E-state index in [1.165, 1.54) is 24.5 Å². The Morgan fingerprint density at radius 1 is 1.33 bits per heavy atom. The first kappa shape index (κ1) is 16.3. The van der Waals surface area contributed by atoms with E-state index in [9.17, 15) is 8.78 Å². The maximum absolute atomic E-state index is 12.4. The molecule has 0 fully saturated rings. The van der Waals surface area contributed by atoms with Gasteiger partial charge in [0.25, 0.3) is 0 Å². The number of anilines is 1. The molecule has 1 N–H and O–H groups in total. The highest BCUT2D eigenvalue weighted by atomic mass is 79.9. The average molecular weight is 399 g/mol. The Kier molecular flexibility index (Phi) is 5.66. The summed E-state index contributed by atoms with van der Waals surface area (Å²) in [5.41, 5.74) is 0.645. The molecule has 3 nitrogen and oxygen atoms in total. The predicted molar refractivity (Wildman–Crippen MR) is 84.0 cm³/mol. The lowest BCUT2D eigenvalue weighted by Gasteiger charge is -2.12. The van der Waals surface area contributed by atoms with E-state index < -0.39 is 6.61 Å². The standard InChI is InChI=1S/C13H11BrClF2NO2S/c1-19-10-3-2-7(4-11(10)20-13(16)17)18-6-8-5-9(14)12(15)21-8/h2-5,13,18H,6H2,1H3. The number of alkyl halides is 2. The van der Waals surface area contributed by atoms with Gasteiger partial charge in [-0.1, -0.05) is 11.6 Å². The zero-order valence-corrected chi connectivity index (χ0v) is 14.0. The molecule has 0 aliphatic carbocycles. The zero-order valence-electron chi connectivity index (χ0n) is 10.8. The third kappa shape index (κ3) is 4.46. The molecule has 2 aromatic rings. The fourth-order valence-electron chi connectivity index (χ4n) is 1.64. The zero-order chi connectivity index (χ0) is 15.4. The first-order chi connectivity index (χ1) is 9.99. The van der Waals surface area contributed by atoms with E-state index in [1.807, 2.05) is 6.07 Å². The van der Waals surface area contributed by atoms with Crippen LogP contribution in [-0.2, 0) is 6.54 Å². The van der Waals surface area contributed by atoms with Crippen molar-refractivity contribution in [2.45, 2.75) is 13.2 Å². The smallest absolute Gasteiger partial charge is 0.387 e. The Bertz CT molecular complexity index is 605. The quantitative estimate of drug-likeness (QED) is 0.708. The molecule has 21 heavy (non-hydrogen) atoms. The third-order valence-electron chi connectivity index (χ3n) is 2.54. The van der Waals surface area contributed by atoms with Crippen molar-refractivity contribution in [2.75, 3.05) is 12.4 Å². The molecule has 0 atom stereocenters. The van der Waals surface area contributed by atoms with Crippen molar-refractivity contribution in [2.24, 2.45) is 0 Å². The van der Waals surface area contributed by atoms with Crippen molar-refractivity contribution in [1.29, 1.82) is 0 Å². The van der Waals surface area contributed by atoms with E-state index in [1.54, 1.807) is 12.1 Å². The summed E-state index contributed by atoms with van der Waals surface area (Å²) >= 11 is 10.7. The molecule has 0 aliphatic rings. The minimum Gasteiger partial charge on any atom is -0.493 e. The molecule has 0 bridgehead atoms. The monoisotopic (exact) mass is 397 g/mol. The second-order valence-electron chi connectivity index (χ2n) is 3.93. The van der Waals surface area contributed by atoms with E-state index >= 15 is 0 Å². The van der Waals surface area contributed by atoms with Gasteiger partial charge < -0.3 is 14.8 Å². The van der Waals surface area contributed by atoms with Crippen LogP contribution >= 0.6 is 38.9 Å². The van der Waals surface area contributed by atoms with E-state index in [-0.39, 0.29) is 11.5 Å². The van der Waals surface area contributed by atoms with Gasteiger partial charge in [-0.25, -0.2) is 0 Å². The second-order valence-corrected chi connectivity index (χ2v) is 6.53. The molecule has 0 saturated carbocycles. The first-order valence-electron chi connectivity index (χ1n) is 5.80. The van der Waals surface area contributed by atoms with Gasteiger partial charge in [-0.15, -0.1) is 11.3 Å². The molecule has 1 aromatic carbocycles. The first-order valence-corrected chi connectivity index (χ1v) is 7.78. The van der Waals surface area contributed by atoms with Crippen LogP contribution < -0.4 is 14.8 Å². The van der Waals surface area contributed by atoms with Crippen LogP contribution in [0.3, 0.4) is 0 Å². The topological polar surface area (TPSA) is 30.5 Å². The van der Waals surface area contributed by atoms with Gasteiger partial charge in [-0.2, -0.15) is 8.78 Å². The summed E-state index contributed by atoms with van der Waals surface area (Å²) in [6.07, 6.45) is 0. The SMILES string of the molecule is COc1ccc(NCc2cc(Br)c(Cl)s2)cc1OC(F)F. The maximum atomic E-state index is 12.4. The Morgan fingerprint density at radius 2 is 2.10 bits per heavy atom. The number of ether oxygens (including phenoxy) is 2. The molecule has 0 saturated heterocycles. The van der Waals surface area contributed by atoms with Crippen LogP contribution in [0.2, 0.25) is 4.34 Å². The van der Waals surface area contributed by atoms with Gasteiger partial charge in [-0.05, 0) is 34.1 Å². The second kappa shape index (κ2) is 7.29. The number of nitrogens with one attached hydrogen (secondary N) is 1. The summed E-state index contributed by atoms with van der Waals surface area (Å²) in [4.78, 5) is 1.01. The number of benzene rings is 1. The minimum atomic E-state index is -2.90. The van der Waals surface area contributed by atoms with Crippen LogP contribution in [0.5, 0.6) is 11.5 Å². The molecular formula is C13H11BrClF2NO2S. The fraction of sp³-hybridized carbons (Fsp3) is 0.231. The lowest BCUT2D eigenvalue weighted by molar-refractivity contribution is -0.0511. The summed E-state index contributed by atoms with van der Waals surface area (Å²) in [5, 5.41) is 3.12. The molecule has 114 valence electrons. The minimum absolute atomic E-state index is 0.0112. The Balaban J connectivity index is 2.09. The lowest BCUT2D eigenvalue weighted by atomic mass is 10.2. The molecule has 0 spiro atoms. The van der Waals surface area contributed by atoms with Gasteiger partial charge >= 0.3 is 6.61 Å². The molecule has 0 aliphatic heterocycles. The Hall–Kier alpha value is -1.05. The Labute approximate surface area is 138 Å². The number of rotatable bonds is 6. The molecule has 8 heteroatoms. The molecule has 2 rings (SSSR count). The van der Waals surface area contributed by atoms with Gasteiger partial charge in [0.2, 0.25) is 0 Å².